The summed E-state index contributed by atoms with van der Waals surface area (Å²) < 4.78 is 0. The van der Waals surface area contributed by atoms with E-state index in [1.54, 1.807) is 0 Å². The molecule has 1 unspecified atom stereocenters. The van der Waals surface area contributed by atoms with E-state index in [0.717, 1.165) is 11.8 Å². The van der Waals surface area contributed by atoms with E-state index >= 15 is 0 Å². The van der Waals surface area contributed by atoms with E-state index in [1.807, 2.05) is 0 Å². The van der Waals surface area contributed by atoms with Crippen LogP contribution in [0.1, 0.15) is 72.6 Å². The summed E-state index contributed by atoms with van der Waals surface area (Å²) in [5, 5.41) is 0. The fraction of sp³-hybridized carbons (Fsp3) is 1.00. The largest absolute Gasteiger partial charge is 0.0654 e. The first-order valence-corrected chi connectivity index (χ1v) is 6.16. The van der Waals surface area contributed by atoms with Gasteiger partial charge < -0.3 is 0 Å². The molecule has 0 rings (SSSR count). The molecule has 0 aromatic rings. The Labute approximate surface area is 85.1 Å². The highest BCUT2D eigenvalue weighted by molar-refractivity contribution is 4.56. The van der Waals surface area contributed by atoms with Gasteiger partial charge in [-0.25, -0.2) is 0 Å². The van der Waals surface area contributed by atoms with E-state index in [0.29, 0.717) is 0 Å². The summed E-state index contributed by atoms with van der Waals surface area (Å²) in [6.07, 6.45) is 9.98. The monoisotopic (exact) mass is 184 g/mol. The first-order chi connectivity index (χ1) is 6.16. The van der Waals surface area contributed by atoms with Crippen LogP contribution in [0.3, 0.4) is 0 Å². The molecule has 0 aliphatic heterocycles. The maximum atomic E-state index is 2.41. The summed E-state index contributed by atoms with van der Waals surface area (Å²) in [5.41, 5.74) is 0. The zero-order chi connectivity index (χ0) is 10.1. The molecular weight excluding hydrogens is 156 g/mol. The van der Waals surface area contributed by atoms with E-state index < -0.39 is 0 Å². The van der Waals surface area contributed by atoms with Gasteiger partial charge in [0.25, 0.3) is 0 Å². The first kappa shape index (κ1) is 13.0. The molecule has 0 N–H and O–H groups in total. The molecule has 0 radical (unpaired) electrons. The van der Waals surface area contributed by atoms with Crippen molar-refractivity contribution >= 4 is 0 Å². The molecule has 0 nitrogen and oxygen atoms in total. The van der Waals surface area contributed by atoms with Crippen LogP contribution in [0.4, 0.5) is 0 Å². The van der Waals surface area contributed by atoms with Gasteiger partial charge in [-0.2, -0.15) is 0 Å². The van der Waals surface area contributed by atoms with Gasteiger partial charge in [0.05, 0.1) is 0 Å². The minimum atomic E-state index is 0.887. The van der Waals surface area contributed by atoms with Crippen molar-refractivity contribution in [3.05, 3.63) is 0 Å². The normalized spacial score (nSPS) is 13.6. The van der Waals surface area contributed by atoms with E-state index in [9.17, 15) is 0 Å². The van der Waals surface area contributed by atoms with Gasteiger partial charge in [-0.15, -0.1) is 0 Å². The Balaban J connectivity index is 3.15. The third-order valence-corrected chi connectivity index (χ3v) is 2.79. The van der Waals surface area contributed by atoms with Crippen molar-refractivity contribution in [2.75, 3.05) is 0 Å². The fourth-order valence-electron chi connectivity index (χ4n) is 1.68. The predicted octanol–water partition coefficient (Wildman–Crippen LogP) is 5.03. The summed E-state index contributed by atoms with van der Waals surface area (Å²) in [7, 11) is 0. The lowest BCUT2D eigenvalue weighted by atomic mass is 9.94. The van der Waals surface area contributed by atoms with Crippen LogP contribution in [-0.2, 0) is 0 Å². The minimum absolute atomic E-state index is 0.887. The molecule has 0 fully saturated rings. The maximum Gasteiger partial charge on any atom is -0.0443 e. The zero-order valence-electron chi connectivity index (χ0n) is 10.1. The Morgan fingerprint density at radius 1 is 0.769 bits per heavy atom. The molecule has 0 bridgehead atoms. The minimum Gasteiger partial charge on any atom is -0.0654 e. The molecular formula is C13H28. The Hall–Kier alpha value is 0. The predicted molar refractivity (Wildman–Crippen MR) is 62.0 cm³/mol. The van der Waals surface area contributed by atoms with E-state index in [-0.39, 0.29) is 0 Å². The third kappa shape index (κ3) is 9.92. The van der Waals surface area contributed by atoms with Crippen LogP contribution in [-0.4, -0.2) is 0 Å². The molecule has 0 saturated carbocycles. The molecule has 0 aromatic heterocycles. The van der Waals surface area contributed by atoms with Crippen molar-refractivity contribution in [1.29, 1.82) is 0 Å². The van der Waals surface area contributed by atoms with Crippen LogP contribution in [0.5, 0.6) is 0 Å². The lowest BCUT2D eigenvalue weighted by molar-refractivity contribution is 0.412. The van der Waals surface area contributed by atoms with Crippen molar-refractivity contribution < 1.29 is 0 Å². The topological polar surface area (TPSA) is 0 Å². The molecule has 0 amide bonds. The van der Waals surface area contributed by atoms with Gasteiger partial charge in [-0.05, 0) is 11.8 Å². The Morgan fingerprint density at radius 3 is 2.00 bits per heavy atom. The summed E-state index contributed by atoms with van der Waals surface area (Å²) >= 11 is 0. The summed E-state index contributed by atoms with van der Waals surface area (Å²) in [6.45, 7) is 9.34. The molecule has 0 aromatic carbocycles. The standard InChI is InChI=1S/C13H28/c1-5-6-7-8-9-13(4)11-10-12(2)3/h12-13H,5-11H2,1-4H3. The summed E-state index contributed by atoms with van der Waals surface area (Å²) in [4.78, 5) is 0. The molecule has 0 aliphatic rings. The smallest absolute Gasteiger partial charge is 0.0443 e. The highest BCUT2D eigenvalue weighted by Crippen LogP contribution is 2.17. The molecule has 80 valence electrons. The second kappa shape index (κ2) is 8.59. The molecule has 0 heterocycles. The lowest BCUT2D eigenvalue weighted by Gasteiger charge is -2.12. The van der Waals surface area contributed by atoms with Gasteiger partial charge in [0.2, 0.25) is 0 Å². The average molecular weight is 184 g/mol. The van der Waals surface area contributed by atoms with Gasteiger partial charge >= 0.3 is 0 Å². The van der Waals surface area contributed by atoms with Crippen molar-refractivity contribution in [2.45, 2.75) is 72.6 Å². The van der Waals surface area contributed by atoms with Gasteiger partial charge in [-0.1, -0.05) is 72.6 Å². The third-order valence-electron chi connectivity index (χ3n) is 2.79. The second-order valence-electron chi connectivity index (χ2n) is 4.93. The van der Waals surface area contributed by atoms with E-state index in [2.05, 4.69) is 27.7 Å². The molecule has 0 spiro atoms. The molecule has 0 saturated heterocycles. The van der Waals surface area contributed by atoms with Crippen LogP contribution in [0.25, 0.3) is 0 Å². The van der Waals surface area contributed by atoms with E-state index in [4.69, 9.17) is 0 Å². The van der Waals surface area contributed by atoms with Gasteiger partial charge in [0.1, 0.15) is 0 Å². The van der Waals surface area contributed by atoms with Crippen LogP contribution < -0.4 is 0 Å². The zero-order valence-corrected chi connectivity index (χ0v) is 10.1. The molecule has 0 aliphatic carbocycles. The number of hydrogen-bond donors (Lipinski definition) is 0. The number of unbranched alkanes of at least 4 members (excludes halogenated alkanes) is 3. The van der Waals surface area contributed by atoms with Crippen LogP contribution in [0.2, 0.25) is 0 Å². The fourth-order valence-corrected chi connectivity index (χ4v) is 1.68. The van der Waals surface area contributed by atoms with Gasteiger partial charge in [0, 0.05) is 0 Å². The first-order valence-electron chi connectivity index (χ1n) is 6.16. The highest BCUT2D eigenvalue weighted by Gasteiger charge is 2.03. The van der Waals surface area contributed by atoms with Crippen LogP contribution >= 0.6 is 0 Å². The summed E-state index contributed by atoms with van der Waals surface area (Å²) in [6, 6.07) is 0. The van der Waals surface area contributed by atoms with Gasteiger partial charge in [-0.3, -0.25) is 0 Å². The van der Waals surface area contributed by atoms with E-state index in [1.165, 1.54) is 44.9 Å². The van der Waals surface area contributed by atoms with Crippen LogP contribution in [0, 0.1) is 11.8 Å². The number of rotatable bonds is 8. The Bertz CT molecular complexity index is 94.2. The lowest BCUT2D eigenvalue weighted by Crippen LogP contribution is -1.97. The maximum absolute atomic E-state index is 2.41. The summed E-state index contributed by atoms with van der Waals surface area (Å²) in [5.74, 6) is 1.84. The van der Waals surface area contributed by atoms with Crippen molar-refractivity contribution in [2.24, 2.45) is 11.8 Å². The van der Waals surface area contributed by atoms with Crippen LogP contribution in [0.15, 0.2) is 0 Å². The van der Waals surface area contributed by atoms with Crippen molar-refractivity contribution in [3.63, 3.8) is 0 Å². The SMILES string of the molecule is CCCCCCC(C)CCC(C)C. The second-order valence-corrected chi connectivity index (χ2v) is 4.93. The number of hydrogen-bond acceptors (Lipinski definition) is 0. The molecule has 0 heteroatoms. The molecule has 1 atom stereocenters. The van der Waals surface area contributed by atoms with Crippen molar-refractivity contribution in [1.82, 2.24) is 0 Å². The van der Waals surface area contributed by atoms with Crippen molar-refractivity contribution in [3.8, 4) is 0 Å². The quantitative estimate of drug-likeness (QED) is 0.464. The average Bonchev–Trinajstić information content (AvgIpc) is 2.09. The highest BCUT2D eigenvalue weighted by atomic mass is 14.1. The molecule has 13 heavy (non-hydrogen) atoms. The Morgan fingerprint density at radius 2 is 1.46 bits per heavy atom. The Kier molecular flexibility index (Phi) is 8.59. The van der Waals surface area contributed by atoms with Gasteiger partial charge in [0.15, 0.2) is 0 Å².